The van der Waals surface area contributed by atoms with Gasteiger partial charge < -0.3 is 14.8 Å². The van der Waals surface area contributed by atoms with E-state index in [1.165, 1.54) is 0 Å². The largest absolute Gasteiger partial charge is 0.474 e. The molecule has 0 bridgehead atoms. The summed E-state index contributed by atoms with van der Waals surface area (Å²) >= 11 is 0. The zero-order valence-electron chi connectivity index (χ0n) is 10.6. The van der Waals surface area contributed by atoms with Gasteiger partial charge >= 0.3 is 0 Å². The number of nitrogens with zero attached hydrogens (tertiary/aromatic N) is 2. The first-order valence-corrected chi connectivity index (χ1v) is 6.03. The molecular formula is C12H21N3O2. The molecule has 1 aromatic rings. The third-order valence-electron chi connectivity index (χ3n) is 2.16. The Kier molecular flexibility index (Phi) is 7.25. The van der Waals surface area contributed by atoms with Crippen LogP contribution in [0.15, 0.2) is 12.4 Å². The first kappa shape index (κ1) is 13.9. The van der Waals surface area contributed by atoms with Gasteiger partial charge in [0.25, 0.3) is 0 Å². The maximum absolute atomic E-state index is 5.40. The van der Waals surface area contributed by atoms with Gasteiger partial charge in [-0.25, -0.2) is 4.98 Å². The molecule has 0 saturated heterocycles. The zero-order valence-corrected chi connectivity index (χ0v) is 10.6. The van der Waals surface area contributed by atoms with Crippen molar-refractivity contribution in [1.82, 2.24) is 15.3 Å². The van der Waals surface area contributed by atoms with Crippen molar-refractivity contribution >= 4 is 0 Å². The Morgan fingerprint density at radius 3 is 2.71 bits per heavy atom. The minimum atomic E-state index is 0.518. The second-order valence-electron chi connectivity index (χ2n) is 3.69. The molecule has 17 heavy (non-hydrogen) atoms. The summed E-state index contributed by atoms with van der Waals surface area (Å²) < 4.78 is 10.8. The zero-order chi connectivity index (χ0) is 12.3. The smallest absolute Gasteiger partial charge is 0.232 e. The molecule has 0 aromatic carbocycles. The molecule has 0 aliphatic heterocycles. The summed E-state index contributed by atoms with van der Waals surface area (Å²) in [5.41, 5.74) is 0.902. The van der Waals surface area contributed by atoms with Gasteiger partial charge in [-0.3, -0.25) is 4.98 Å². The molecule has 5 heteroatoms. The summed E-state index contributed by atoms with van der Waals surface area (Å²) in [5, 5.41) is 3.01. The van der Waals surface area contributed by atoms with Gasteiger partial charge in [-0.15, -0.1) is 0 Å². The van der Waals surface area contributed by atoms with E-state index in [9.17, 15) is 0 Å². The fraction of sp³-hybridized carbons (Fsp3) is 0.667. The fourth-order valence-electron chi connectivity index (χ4n) is 1.24. The second-order valence-corrected chi connectivity index (χ2v) is 3.69. The maximum atomic E-state index is 5.40. The molecule has 0 radical (unpaired) electrons. The van der Waals surface area contributed by atoms with Gasteiger partial charge in [-0.2, -0.15) is 0 Å². The molecule has 0 amide bonds. The minimum Gasteiger partial charge on any atom is -0.474 e. The molecule has 5 nitrogen and oxygen atoms in total. The van der Waals surface area contributed by atoms with Crippen LogP contribution >= 0.6 is 0 Å². The molecule has 0 saturated carbocycles. The first-order valence-electron chi connectivity index (χ1n) is 6.03. The van der Waals surface area contributed by atoms with Crippen molar-refractivity contribution < 1.29 is 9.47 Å². The Bertz CT molecular complexity index is 290. The Balaban J connectivity index is 2.14. The number of rotatable bonds is 9. The predicted octanol–water partition coefficient (Wildman–Crippen LogP) is 1.39. The van der Waals surface area contributed by atoms with Crippen LogP contribution in [0.1, 0.15) is 25.5 Å². The Morgan fingerprint density at radius 2 is 2.06 bits per heavy atom. The lowest BCUT2D eigenvalue weighted by atomic mass is 10.4. The van der Waals surface area contributed by atoms with Crippen molar-refractivity contribution in [2.24, 2.45) is 0 Å². The highest BCUT2D eigenvalue weighted by atomic mass is 16.5. The standard InChI is InChI=1S/C12H21N3O2/c1-3-4-5-16-6-7-17-12-10-14-11(8-13-2)9-15-12/h9-10,13H,3-8H2,1-2H3. The monoisotopic (exact) mass is 239 g/mol. The van der Waals surface area contributed by atoms with Gasteiger partial charge in [0.15, 0.2) is 0 Å². The van der Waals surface area contributed by atoms with Crippen molar-refractivity contribution in [2.75, 3.05) is 26.9 Å². The lowest BCUT2D eigenvalue weighted by molar-refractivity contribution is 0.0963. The SMILES string of the molecule is CCCCOCCOc1cnc(CNC)cn1. The highest BCUT2D eigenvalue weighted by Gasteiger charge is 1.97. The number of hydrogen-bond donors (Lipinski definition) is 1. The van der Waals surface area contributed by atoms with Crippen LogP contribution in [0.3, 0.4) is 0 Å². The van der Waals surface area contributed by atoms with Crippen molar-refractivity contribution in [3.8, 4) is 5.88 Å². The topological polar surface area (TPSA) is 56.3 Å². The molecule has 1 aromatic heterocycles. The summed E-state index contributed by atoms with van der Waals surface area (Å²) in [6, 6.07) is 0. The average Bonchev–Trinajstić information content (AvgIpc) is 2.36. The third kappa shape index (κ3) is 6.19. The van der Waals surface area contributed by atoms with Gasteiger partial charge in [0.1, 0.15) is 6.61 Å². The molecule has 0 aliphatic rings. The van der Waals surface area contributed by atoms with E-state index >= 15 is 0 Å². The number of aromatic nitrogens is 2. The molecule has 96 valence electrons. The number of nitrogens with one attached hydrogen (secondary N) is 1. The van der Waals surface area contributed by atoms with Crippen LogP contribution in [0.5, 0.6) is 5.88 Å². The summed E-state index contributed by atoms with van der Waals surface area (Å²) in [5.74, 6) is 0.545. The molecule has 0 atom stereocenters. The molecule has 1 heterocycles. The maximum Gasteiger partial charge on any atom is 0.232 e. The van der Waals surface area contributed by atoms with E-state index in [-0.39, 0.29) is 0 Å². The molecular weight excluding hydrogens is 218 g/mol. The number of hydrogen-bond acceptors (Lipinski definition) is 5. The molecule has 0 aliphatic carbocycles. The molecule has 0 spiro atoms. The predicted molar refractivity (Wildman–Crippen MR) is 66.0 cm³/mol. The van der Waals surface area contributed by atoms with Crippen LogP contribution in [0.25, 0.3) is 0 Å². The normalized spacial score (nSPS) is 10.5. The molecule has 0 fully saturated rings. The highest BCUT2D eigenvalue weighted by Crippen LogP contribution is 2.03. The Labute approximate surface area is 103 Å². The van der Waals surface area contributed by atoms with Gasteiger partial charge in [0.2, 0.25) is 5.88 Å². The summed E-state index contributed by atoms with van der Waals surface area (Å²) in [4.78, 5) is 8.36. The second kappa shape index (κ2) is 8.90. The van der Waals surface area contributed by atoms with Crippen molar-refractivity contribution in [1.29, 1.82) is 0 Å². The van der Waals surface area contributed by atoms with E-state index in [0.29, 0.717) is 25.6 Å². The Hall–Kier alpha value is -1.20. The molecule has 0 unspecified atom stereocenters. The quantitative estimate of drug-likeness (QED) is 0.660. The van der Waals surface area contributed by atoms with E-state index in [4.69, 9.17) is 9.47 Å². The molecule has 1 rings (SSSR count). The number of unbranched alkanes of at least 4 members (excludes halogenated alkanes) is 1. The number of ether oxygens (including phenoxy) is 2. The van der Waals surface area contributed by atoms with Crippen LogP contribution in [0.2, 0.25) is 0 Å². The lowest BCUT2D eigenvalue weighted by Crippen LogP contribution is -2.10. The average molecular weight is 239 g/mol. The summed E-state index contributed by atoms with van der Waals surface area (Å²) in [7, 11) is 1.87. The van der Waals surface area contributed by atoms with Crippen LogP contribution in [-0.4, -0.2) is 36.8 Å². The van der Waals surface area contributed by atoms with Crippen LogP contribution in [0.4, 0.5) is 0 Å². The fourth-order valence-corrected chi connectivity index (χ4v) is 1.24. The lowest BCUT2D eigenvalue weighted by Gasteiger charge is -2.06. The first-order chi connectivity index (χ1) is 8.36. The van der Waals surface area contributed by atoms with Crippen LogP contribution < -0.4 is 10.1 Å². The van der Waals surface area contributed by atoms with Gasteiger partial charge in [0, 0.05) is 13.2 Å². The van der Waals surface area contributed by atoms with E-state index in [1.807, 2.05) is 7.05 Å². The Morgan fingerprint density at radius 1 is 1.18 bits per heavy atom. The van der Waals surface area contributed by atoms with Crippen molar-refractivity contribution in [3.05, 3.63) is 18.1 Å². The van der Waals surface area contributed by atoms with Crippen molar-refractivity contribution in [3.63, 3.8) is 0 Å². The van der Waals surface area contributed by atoms with E-state index in [0.717, 1.165) is 25.1 Å². The third-order valence-corrected chi connectivity index (χ3v) is 2.16. The van der Waals surface area contributed by atoms with Crippen LogP contribution in [-0.2, 0) is 11.3 Å². The van der Waals surface area contributed by atoms with E-state index in [1.54, 1.807) is 12.4 Å². The summed E-state index contributed by atoms with van der Waals surface area (Å²) in [6.45, 7) is 4.77. The van der Waals surface area contributed by atoms with Gasteiger partial charge in [0.05, 0.1) is 24.7 Å². The summed E-state index contributed by atoms with van der Waals surface area (Å²) in [6.07, 6.45) is 5.60. The van der Waals surface area contributed by atoms with E-state index in [2.05, 4.69) is 22.2 Å². The van der Waals surface area contributed by atoms with Crippen molar-refractivity contribution in [2.45, 2.75) is 26.3 Å². The minimum absolute atomic E-state index is 0.518. The van der Waals surface area contributed by atoms with Crippen LogP contribution in [0, 0.1) is 0 Å². The molecule has 1 N–H and O–H groups in total. The van der Waals surface area contributed by atoms with E-state index < -0.39 is 0 Å². The highest BCUT2D eigenvalue weighted by molar-refractivity contribution is 5.06. The van der Waals surface area contributed by atoms with Gasteiger partial charge in [-0.05, 0) is 13.5 Å². The van der Waals surface area contributed by atoms with Gasteiger partial charge in [-0.1, -0.05) is 13.3 Å².